The summed E-state index contributed by atoms with van der Waals surface area (Å²) in [6.07, 6.45) is 5.31. The quantitative estimate of drug-likeness (QED) is 0.485. The van der Waals surface area contributed by atoms with Crippen LogP contribution in [0.25, 0.3) is 6.08 Å². The molecular weight excluding hydrogens is 418 g/mol. The van der Waals surface area contributed by atoms with Crippen LogP contribution < -0.4 is 5.32 Å². The number of carbonyl (C=O) groups is 2. The molecule has 168 valence electrons. The molecule has 0 aliphatic carbocycles. The second-order valence-electron chi connectivity index (χ2n) is 7.35. The Labute approximate surface area is 193 Å². The number of nitrogens with zero attached hydrogens (tertiary/aromatic N) is 2. The number of pyridine rings is 1. The molecule has 0 saturated carbocycles. The van der Waals surface area contributed by atoms with Crippen molar-refractivity contribution < 1.29 is 19.1 Å². The van der Waals surface area contributed by atoms with Crippen molar-refractivity contribution in [3.63, 3.8) is 0 Å². The molecule has 0 spiro atoms. The summed E-state index contributed by atoms with van der Waals surface area (Å²) in [5.74, 6) is -1.91. The Morgan fingerprint density at radius 3 is 2.33 bits per heavy atom. The van der Waals surface area contributed by atoms with E-state index in [2.05, 4.69) is 10.3 Å². The van der Waals surface area contributed by atoms with Gasteiger partial charge in [-0.15, -0.1) is 0 Å². The lowest BCUT2D eigenvalue weighted by Gasteiger charge is -2.29. The largest absolute Gasteiger partial charge is 0.461 e. The van der Waals surface area contributed by atoms with E-state index in [9.17, 15) is 9.59 Å². The highest BCUT2D eigenvalue weighted by molar-refractivity contribution is 5.99. The maximum Gasteiger partial charge on any atom is 0.337 e. The van der Waals surface area contributed by atoms with Crippen LogP contribution in [-0.4, -0.2) is 30.1 Å². The van der Waals surface area contributed by atoms with Gasteiger partial charge >= 0.3 is 11.9 Å². The minimum atomic E-state index is -0.757. The molecule has 1 aliphatic heterocycles. The fraction of sp³-hybridized carbons (Fsp3) is 0.231. The lowest BCUT2D eigenvalue weighted by Crippen LogP contribution is -2.33. The number of aromatic nitrogens is 1. The topological polar surface area (TPSA) is 101 Å². The second-order valence-corrected chi connectivity index (χ2v) is 7.35. The maximum absolute atomic E-state index is 13.1. The first-order valence-corrected chi connectivity index (χ1v) is 10.5. The van der Waals surface area contributed by atoms with Gasteiger partial charge in [-0.25, -0.2) is 9.59 Å². The Kier molecular flexibility index (Phi) is 8.14. The molecule has 2 aromatic rings. The van der Waals surface area contributed by atoms with Gasteiger partial charge in [-0.05, 0) is 37.6 Å². The number of esters is 2. The van der Waals surface area contributed by atoms with Crippen molar-refractivity contribution >= 4 is 18.0 Å². The molecule has 1 N–H and O–H groups in total. The van der Waals surface area contributed by atoms with E-state index in [-0.39, 0.29) is 25.2 Å². The number of benzene rings is 1. The Morgan fingerprint density at radius 1 is 1.03 bits per heavy atom. The predicted molar refractivity (Wildman–Crippen MR) is 123 cm³/mol. The van der Waals surface area contributed by atoms with Gasteiger partial charge in [0.25, 0.3) is 0 Å². The number of nitrogens with one attached hydrogen (secondary N) is 1. The maximum atomic E-state index is 13.1. The first kappa shape index (κ1) is 23.5. The van der Waals surface area contributed by atoms with Crippen molar-refractivity contribution in [3.05, 3.63) is 94.6 Å². The van der Waals surface area contributed by atoms with Crippen LogP contribution in [0.3, 0.4) is 0 Å². The summed E-state index contributed by atoms with van der Waals surface area (Å²) < 4.78 is 10.8. The molecule has 1 atom stereocenters. The van der Waals surface area contributed by atoms with Gasteiger partial charge in [0.05, 0.1) is 35.2 Å². The highest BCUT2D eigenvalue weighted by Crippen LogP contribution is 2.38. The summed E-state index contributed by atoms with van der Waals surface area (Å²) >= 11 is 0. The summed E-state index contributed by atoms with van der Waals surface area (Å²) in [5, 5.41) is 11.8. The van der Waals surface area contributed by atoms with Gasteiger partial charge < -0.3 is 14.8 Å². The predicted octanol–water partition coefficient (Wildman–Crippen LogP) is 4.03. The Balaban J connectivity index is 1.85. The number of hydrogen-bond acceptors (Lipinski definition) is 7. The monoisotopic (exact) mass is 443 g/mol. The molecule has 3 rings (SSSR count). The first-order chi connectivity index (χ1) is 16.0. The van der Waals surface area contributed by atoms with Crippen LogP contribution in [0.2, 0.25) is 0 Å². The van der Waals surface area contributed by atoms with Crippen LogP contribution in [0.1, 0.15) is 37.4 Å². The molecule has 1 aromatic heterocycles. The van der Waals surface area contributed by atoms with Crippen LogP contribution in [-0.2, 0) is 19.1 Å². The molecule has 2 heterocycles. The Hall–Kier alpha value is -4.18. The first-order valence-electron chi connectivity index (χ1n) is 10.5. The van der Waals surface area contributed by atoms with E-state index in [0.29, 0.717) is 22.7 Å². The van der Waals surface area contributed by atoms with E-state index in [0.717, 1.165) is 5.56 Å². The molecule has 7 heteroatoms. The third kappa shape index (κ3) is 5.95. The third-order valence-electron chi connectivity index (χ3n) is 5.05. The normalized spacial score (nSPS) is 15.7. The van der Waals surface area contributed by atoms with E-state index in [1.54, 1.807) is 44.3 Å². The molecule has 1 unspecified atom stereocenters. The average molecular weight is 444 g/mol. The van der Waals surface area contributed by atoms with Crippen molar-refractivity contribution in [1.82, 2.24) is 10.3 Å². The third-order valence-corrected chi connectivity index (χ3v) is 5.05. The Morgan fingerprint density at radius 2 is 1.70 bits per heavy atom. The van der Waals surface area contributed by atoms with Crippen LogP contribution >= 0.6 is 0 Å². The number of dihydropyridines is 1. The van der Waals surface area contributed by atoms with Crippen LogP contribution in [0.5, 0.6) is 0 Å². The standard InChI is InChI=1S/C26H25N3O4/c1-18-22(25(30)32-16-8-12-20-10-4-3-5-11-20)24(21-13-6-7-15-28-21)23(19(2)29-18)26(31)33-17-9-14-27/h3-8,10-13,15,24,29H,9,16-17H2,1-2H3/b12-8+. The minimum Gasteiger partial charge on any atom is -0.461 e. The van der Waals surface area contributed by atoms with Crippen molar-refractivity contribution in [1.29, 1.82) is 5.26 Å². The van der Waals surface area contributed by atoms with Crippen molar-refractivity contribution in [2.45, 2.75) is 26.2 Å². The second kappa shape index (κ2) is 11.4. The fourth-order valence-electron chi connectivity index (χ4n) is 3.59. The number of hydrogen-bond donors (Lipinski definition) is 1. The molecule has 0 fully saturated rings. The highest BCUT2D eigenvalue weighted by atomic mass is 16.5. The summed E-state index contributed by atoms with van der Waals surface area (Å²) in [6, 6.07) is 16.9. The fourth-order valence-corrected chi connectivity index (χ4v) is 3.59. The summed E-state index contributed by atoms with van der Waals surface area (Å²) in [4.78, 5) is 30.4. The number of carbonyl (C=O) groups excluding carboxylic acids is 2. The molecule has 0 saturated heterocycles. The molecule has 0 amide bonds. The smallest absolute Gasteiger partial charge is 0.337 e. The zero-order valence-corrected chi connectivity index (χ0v) is 18.6. The van der Waals surface area contributed by atoms with Crippen molar-refractivity contribution in [2.24, 2.45) is 0 Å². The van der Waals surface area contributed by atoms with E-state index in [1.165, 1.54) is 0 Å². The van der Waals surface area contributed by atoms with Crippen LogP contribution in [0.4, 0.5) is 0 Å². The Bertz CT molecular complexity index is 1130. The van der Waals surface area contributed by atoms with E-state index in [1.807, 2.05) is 42.5 Å². The zero-order chi connectivity index (χ0) is 23.6. The van der Waals surface area contributed by atoms with Crippen molar-refractivity contribution in [2.75, 3.05) is 13.2 Å². The minimum absolute atomic E-state index is 0.0339. The summed E-state index contributed by atoms with van der Waals surface area (Å²) in [5.41, 5.74) is 3.22. The van der Waals surface area contributed by atoms with Gasteiger partial charge in [0.1, 0.15) is 13.2 Å². The highest BCUT2D eigenvalue weighted by Gasteiger charge is 2.38. The van der Waals surface area contributed by atoms with E-state index < -0.39 is 17.9 Å². The van der Waals surface area contributed by atoms with Gasteiger partial charge in [0.2, 0.25) is 0 Å². The van der Waals surface area contributed by atoms with E-state index >= 15 is 0 Å². The van der Waals surface area contributed by atoms with Crippen molar-refractivity contribution in [3.8, 4) is 6.07 Å². The molecule has 0 radical (unpaired) electrons. The van der Waals surface area contributed by atoms with Crippen LogP contribution in [0, 0.1) is 11.3 Å². The number of nitriles is 1. The lowest BCUT2D eigenvalue weighted by molar-refractivity contribution is -0.139. The van der Waals surface area contributed by atoms with Crippen LogP contribution in [0.15, 0.2) is 83.3 Å². The number of ether oxygens (including phenoxy) is 2. The number of allylic oxidation sites excluding steroid dienone is 2. The lowest BCUT2D eigenvalue weighted by atomic mass is 9.83. The van der Waals surface area contributed by atoms with Gasteiger partial charge in [-0.1, -0.05) is 42.5 Å². The van der Waals surface area contributed by atoms with Gasteiger partial charge in [0.15, 0.2) is 0 Å². The van der Waals surface area contributed by atoms with Gasteiger partial charge in [-0.3, -0.25) is 4.98 Å². The SMILES string of the molecule is CC1=C(C(=O)OC/C=C/c2ccccc2)C(c2ccccn2)C(C(=O)OCCC#N)=C(C)N1. The van der Waals surface area contributed by atoms with Gasteiger partial charge in [0, 0.05) is 17.6 Å². The molecule has 33 heavy (non-hydrogen) atoms. The number of rotatable bonds is 8. The molecular formula is C26H25N3O4. The molecule has 1 aliphatic rings. The molecule has 7 nitrogen and oxygen atoms in total. The average Bonchev–Trinajstić information content (AvgIpc) is 2.82. The summed E-state index contributed by atoms with van der Waals surface area (Å²) in [6.45, 7) is 3.54. The zero-order valence-electron chi connectivity index (χ0n) is 18.6. The van der Waals surface area contributed by atoms with E-state index in [4.69, 9.17) is 14.7 Å². The van der Waals surface area contributed by atoms with Gasteiger partial charge in [-0.2, -0.15) is 5.26 Å². The summed E-state index contributed by atoms with van der Waals surface area (Å²) in [7, 11) is 0. The molecule has 0 bridgehead atoms. The molecule has 1 aromatic carbocycles.